The molecule has 0 spiro atoms. The van der Waals surface area contributed by atoms with Crippen LogP contribution in [0.5, 0.6) is 0 Å². The van der Waals surface area contributed by atoms with Crippen LogP contribution in [0.25, 0.3) is 0 Å². The van der Waals surface area contributed by atoms with Crippen LogP contribution < -0.4 is 0 Å². The molecule has 0 amide bonds. The van der Waals surface area contributed by atoms with Crippen LogP contribution in [0.1, 0.15) is 0 Å². The fourth-order valence-corrected chi connectivity index (χ4v) is 0.749. The molecule has 0 nitrogen and oxygen atoms in total. The van der Waals surface area contributed by atoms with E-state index in [4.69, 9.17) is 0 Å². The minimum absolute atomic E-state index is 0.918. The maximum atomic E-state index is 3.61. The largest absolute Gasteiger partial charge is 0.138 e. The Hall–Kier alpha value is 0.310. The fraction of sp³-hybridized carbons (Fsp3) is 0.200. The molecule has 2 heteroatoms. The van der Waals surface area contributed by atoms with E-state index in [9.17, 15) is 0 Å². The first kappa shape index (κ1) is 7.31. The third kappa shape index (κ3) is 6.31. The summed E-state index contributed by atoms with van der Waals surface area (Å²) in [5, 5.41) is 1.97. The van der Waals surface area contributed by atoms with Crippen molar-refractivity contribution < 1.29 is 0 Å². The molecule has 7 heavy (non-hydrogen) atoms. The van der Waals surface area contributed by atoms with Crippen molar-refractivity contribution in [1.29, 1.82) is 0 Å². The number of halogens is 1. The van der Waals surface area contributed by atoms with Crippen molar-refractivity contribution in [2.24, 2.45) is 0 Å². The van der Waals surface area contributed by atoms with Crippen molar-refractivity contribution in [1.82, 2.24) is 0 Å². The van der Waals surface area contributed by atoms with E-state index in [-0.39, 0.29) is 0 Å². The monoisotopic (exact) mass is 178 g/mol. The van der Waals surface area contributed by atoms with Gasteiger partial charge in [-0.05, 0) is 17.7 Å². The lowest BCUT2D eigenvalue weighted by Gasteiger charge is -1.77. The van der Waals surface area contributed by atoms with Crippen LogP contribution >= 0.6 is 27.7 Å². The van der Waals surface area contributed by atoms with Gasteiger partial charge in [0.25, 0.3) is 0 Å². The van der Waals surface area contributed by atoms with Gasteiger partial charge in [-0.25, -0.2) is 0 Å². The lowest BCUT2D eigenvalue weighted by atomic mass is 10.6. The summed E-state index contributed by atoms with van der Waals surface area (Å²) in [5.41, 5.74) is 0. The summed E-state index contributed by atoms with van der Waals surface area (Å²) >= 11 is 4.84. The number of allylic oxidation sites excluding steroid dienone is 2. The average molecular weight is 179 g/mol. The Balaban J connectivity index is 3.26. The summed E-state index contributed by atoms with van der Waals surface area (Å²) in [7, 11) is 0. The summed E-state index contributed by atoms with van der Waals surface area (Å²) in [5.74, 6) is 0. The van der Waals surface area contributed by atoms with E-state index in [1.165, 1.54) is 0 Å². The molecule has 0 rings (SSSR count). The van der Waals surface area contributed by atoms with Gasteiger partial charge in [0.1, 0.15) is 0 Å². The van der Waals surface area contributed by atoms with Crippen molar-refractivity contribution in [3.05, 3.63) is 22.5 Å². The Morgan fingerprint density at radius 3 is 2.57 bits per heavy atom. The minimum Gasteiger partial charge on any atom is -0.138 e. The van der Waals surface area contributed by atoms with E-state index in [0.29, 0.717) is 0 Å². The fourth-order valence-electron chi connectivity index (χ4n) is 0.142. The molecule has 0 bridgehead atoms. The van der Waals surface area contributed by atoms with Gasteiger partial charge in [0, 0.05) is 4.48 Å². The summed E-state index contributed by atoms with van der Waals surface area (Å²) in [6.07, 6.45) is 3.91. The molecule has 0 aromatic rings. The van der Waals surface area contributed by atoms with Crippen LogP contribution in [-0.4, -0.2) is 6.26 Å². The van der Waals surface area contributed by atoms with Crippen LogP contribution in [0.15, 0.2) is 22.5 Å². The Bertz CT molecular complexity index is 86.1. The second-order valence-corrected chi connectivity index (χ2v) is 2.75. The maximum absolute atomic E-state index is 3.61. The number of thioether (sulfide) groups is 1. The van der Waals surface area contributed by atoms with Gasteiger partial charge in [0.2, 0.25) is 0 Å². The lowest BCUT2D eigenvalue weighted by Crippen LogP contribution is -1.49. The highest BCUT2D eigenvalue weighted by atomic mass is 79.9. The highest BCUT2D eigenvalue weighted by molar-refractivity contribution is 9.11. The molecule has 0 radical (unpaired) electrons. The molecule has 0 aliphatic carbocycles. The van der Waals surface area contributed by atoms with E-state index < -0.39 is 0 Å². The zero-order valence-electron chi connectivity index (χ0n) is 4.15. The highest BCUT2D eigenvalue weighted by Crippen LogP contribution is 2.04. The van der Waals surface area contributed by atoms with Crippen molar-refractivity contribution in [2.75, 3.05) is 6.26 Å². The Morgan fingerprint density at radius 2 is 2.43 bits per heavy atom. The Morgan fingerprint density at radius 1 is 1.86 bits per heavy atom. The second-order valence-electron chi connectivity index (χ2n) is 0.985. The molecule has 0 saturated heterocycles. The molecule has 0 N–H and O–H groups in total. The molecule has 0 saturated carbocycles. The van der Waals surface area contributed by atoms with Gasteiger partial charge in [0.05, 0.1) is 0 Å². The predicted molar refractivity (Wildman–Crippen MR) is 40.7 cm³/mol. The zero-order valence-corrected chi connectivity index (χ0v) is 6.55. The average Bonchev–Trinajstić information content (AvgIpc) is 1.61. The van der Waals surface area contributed by atoms with Crippen molar-refractivity contribution in [2.45, 2.75) is 0 Å². The molecule has 0 aromatic heterocycles. The third-order valence-electron chi connectivity index (χ3n) is 0.385. The molecular formula is C5H7BrS. The molecule has 0 aromatic carbocycles. The number of rotatable bonds is 2. The summed E-state index contributed by atoms with van der Waals surface area (Å²) in [6, 6.07) is 0. The van der Waals surface area contributed by atoms with Crippen molar-refractivity contribution >= 4 is 27.7 Å². The summed E-state index contributed by atoms with van der Waals surface area (Å²) in [6.45, 7) is 3.61. The lowest BCUT2D eigenvalue weighted by molar-refractivity contribution is 2.06. The topological polar surface area (TPSA) is 0 Å². The zero-order chi connectivity index (χ0) is 5.70. The molecule has 40 valence electrons. The van der Waals surface area contributed by atoms with Gasteiger partial charge in [-0.3, -0.25) is 0 Å². The molecule has 0 fully saturated rings. The van der Waals surface area contributed by atoms with Crippen LogP contribution in [0.3, 0.4) is 0 Å². The van der Waals surface area contributed by atoms with Gasteiger partial charge in [0.15, 0.2) is 0 Å². The Kier molecular flexibility index (Phi) is 4.67. The van der Waals surface area contributed by atoms with Gasteiger partial charge in [-0.2, -0.15) is 0 Å². The quantitative estimate of drug-likeness (QED) is 0.587. The van der Waals surface area contributed by atoms with E-state index in [1.54, 1.807) is 11.8 Å². The smallest absolute Gasteiger partial charge is 0.0108 e. The maximum Gasteiger partial charge on any atom is 0.0108 e. The summed E-state index contributed by atoms with van der Waals surface area (Å²) in [4.78, 5) is 0. The van der Waals surface area contributed by atoms with Crippen LogP contribution in [0.2, 0.25) is 0 Å². The number of hydrogen-bond acceptors (Lipinski definition) is 1. The first-order valence-electron chi connectivity index (χ1n) is 1.81. The first-order valence-corrected chi connectivity index (χ1v) is 3.89. The number of hydrogen-bond donors (Lipinski definition) is 0. The second kappa shape index (κ2) is 4.47. The van der Waals surface area contributed by atoms with Crippen LogP contribution in [0, 0.1) is 0 Å². The van der Waals surface area contributed by atoms with Crippen LogP contribution in [-0.2, 0) is 0 Å². The minimum atomic E-state index is 0.918. The standard InChI is InChI=1S/C5H7BrS/c1-5(6)3-4-7-2/h3-4H,1H2,2H3/b4-3-. The van der Waals surface area contributed by atoms with Crippen molar-refractivity contribution in [3.8, 4) is 0 Å². The predicted octanol–water partition coefficient (Wildman–Crippen LogP) is 2.77. The molecular weight excluding hydrogens is 172 g/mol. The molecule has 0 atom stereocenters. The third-order valence-corrected chi connectivity index (χ3v) is 1.06. The van der Waals surface area contributed by atoms with Gasteiger partial charge in [-0.15, -0.1) is 11.8 Å². The molecule has 0 aliphatic rings. The Labute approximate surface area is 56.8 Å². The van der Waals surface area contributed by atoms with Gasteiger partial charge in [-0.1, -0.05) is 22.5 Å². The van der Waals surface area contributed by atoms with E-state index >= 15 is 0 Å². The highest BCUT2D eigenvalue weighted by Gasteiger charge is 1.70. The molecule has 0 aliphatic heterocycles. The SMILES string of the molecule is C=C(Br)/C=C\SC. The summed E-state index contributed by atoms with van der Waals surface area (Å²) < 4.78 is 0.918. The van der Waals surface area contributed by atoms with Crippen molar-refractivity contribution in [3.63, 3.8) is 0 Å². The molecule has 0 heterocycles. The molecule has 0 unspecified atom stereocenters. The van der Waals surface area contributed by atoms with Gasteiger partial charge >= 0.3 is 0 Å². The van der Waals surface area contributed by atoms with Crippen LogP contribution in [0.4, 0.5) is 0 Å². The van der Waals surface area contributed by atoms with E-state index in [2.05, 4.69) is 22.5 Å². The first-order chi connectivity index (χ1) is 3.27. The van der Waals surface area contributed by atoms with E-state index in [1.807, 2.05) is 17.7 Å². The normalized spacial score (nSPS) is 10.0. The van der Waals surface area contributed by atoms with Gasteiger partial charge < -0.3 is 0 Å². The van der Waals surface area contributed by atoms with E-state index in [0.717, 1.165) is 4.48 Å².